The van der Waals surface area contributed by atoms with Gasteiger partial charge in [0.05, 0.1) is 26.4 Å². The topological polar surface area (TPSA) is 85.2 Å². The van der Waals surface area contributed by atoms with E-state index in [1.807, 2.05) is 11.8 Å². The molecule has 2 N–H and O–H groups in total. The molecular formula is C23H49O6PS. The molecular weight excluding hydrogens is 435 g/mol. The minimum absolute atomic E-state index is 0.0499. The molecule has 0 radical (unpaired) electrons. The number of phosphoric acid groups is 1. The van der Waals surface area contributed by atoms with E-state index in [4.69, 9.17) is 19.3 Å². The minimum atomic E-state index is -4.39. The molecule has 0 saturated heterocycles. The highest BCUT2D eigenvalue weighted by Crippen LogP contribution is 2.36. The van der Waals surface area contributed by atoms with Gasteiger partial charge >= 0.3 is 7.82 Å². The molecule has 0 aromatic heterocycles. The van der Waals surface area contributed by atoms with Crippen LogP contribution in [0.4, 0.5) is 0 Å². The third kappa shape index (κ3) is 26.5. The molecule has 0 aliphatic heterocycles. The summed E-state index contributed by atoms with van der Waals surface area (Å²) in [6.07, 6.45) is 19.6. The fraction of sp³-hybridized carbons (Fsp3) is 1.00. The Hall–Kier alpha value is 0.380. The minimum Gasteiger partial charge on any atom is -0.382 e. The fourth-order valence-electron chi connectivity index (χ4n) is 3.42. The maximum Gasteiger partial charge on any atom is 0.469 e. The maximum atomic E-state index is 10.8. The number of rotatable bonds is 25. The number of ether oxygens (including phenoxy) is 2. The van der Waals surface area contributed by atoms with Gasteiger partial charge in [0.25, 0.3) is 0 Å². The zero-order chi connectivity index (χ0) is 23.0. The molecule has 188 valence electrons. The Labute approximate surface area is 195 Å². The van der Waals surface area contributed by atoms with Crippen molar-refractivity contribution in [2.45, 2.75) is 108 Å². The maximum absolute atomic E-state index is 10.8. The second kappa shape index (κ2) is 23.5. The Morgan fingerprint density at radius 2 is 1.29 bits per heavy atom. The summed E-state index contributed by atoms with van der Waals surface area (Å²) in [5.74, 6) is 1.05. The summed E-state index contributed by atoms with van der Waals surface area (Å²) in [7, 11) is -2.75. The number of hydrogen-bond acceptors (Lipinski definition) is 5. The highest BCUT2D eigenvalue weighted by atomic mass is 32.2. The van der Waals surface area contributed by atoms with Gasteiger partial charge in [0.1, 0.15) is 0 Å². The lowest BCUT2D eigenvalue weighted by Crippen LogP contribution is -2.17. The zero-order valence-corrected chi connectivity index (χ0v) is 21.8. The van der Waals surface area contributed by atoms with E-state index in [-0.39, 0.29) is 11.9 Å². The van der Waals surface area contributed by atoms with Gasteiger partial charge in [0.2, 0.25) is 0 Å². The number of phosphoric ester groups is 1. The van der Waals surface area contributed by atoms with Crippen LogP contribution in [0.2, 0.25) is 0 Å². The van der Waals surface area contributed by atoms with Crippen molar-refractivity contribution in [3.8, 4) is 0 Å². The van der Waals surface area contributed by atoms with E-state index in [2.05, 4.69) is 11.4 Å². The average Bonchev–Trinajstić information content (AvgIpc) is 2.72. The van der Waals surface area contributed by atoms with Crippen LogP contribution in [0.3, 0.4) is 0 Å². The van der Waals surface area contributed by atoms with Crippen LogP contribution in [0, 0.1) is 0 Å². The molecule has 8 heteroatoms. The molecule has 1 atom stereocenters. The van der Waals surface area contributed by atoms with Crippen LogP contribution in [0.15, 0.2) is 0 Å². The van der Waals surface area contributed by atoms with E-state index in [1.54, 1.807) is 7.11 Å². The Morgan fingerprint density at radius 1 is 0.774 bits per heavy atom. The summed E-state index contributed by atoms with van der Waals surface area (Å²) in [6, 6.07) is 0. The molecule has 0 aromatic rings. The summed E-state index contributed by atoms with van der Waals surface area (Å²) < 4.78 is 26.0. The summed E-state index contributed by atoms with van der Waals surface area (Å²) in [6.45, 7) is 3.96. The van der Waals surface area contributed by atoms with Gasteiger partial charge in [-0.05, 0) is 18.6 Å². The van der Waals surface area contributed by atoms with Crippen molar-refractivity contribution in [3.63, 3.8) is 0 Å². The zero-order valence-electron chi connectivity index (χ0n) is 20.1. The SMILES string of the molecule is CCCCCCCCCCCCCCCCSC(CCOP(=O)(O)O)COCCOC. The van der Waals surface area contributed by atoms with Gasteiger partial charge < -0.3 is 19.3 Å². The largest absolute Gasteiger partial charge is 0.469 e. The average molecular weight is 485 g/mol. The van der Waals surface area contributed by atoms with Gasteiger partial charge in [-0.15, -0.1) is 0 Å². The molecule has 0 bridgehead atoms. The van der Waals surface area contributed by atoms with Gasteiger partial charge in [-0.1, -0.05) is 90.4 Å². The van der Waals surface area contributed by atoms with Gasteiger partial charge in [-0.25, -0.2) is 4.57 Å². The summed E-state index contributed by atoms with van der Waals surface area (Å²) >= 11 is 1.82. The van der Waals surface area contributed by atoms with Crippen molar-refractivity contribution in [2.75, 3.05) is 39.3 Å². The Morgan fingerprint density at radius 3 is 1.77 bits per heavy atom. The van der Waals surface area contributed by atoms with Crippen molar-refractivity contribution in [3.05, 3.63) is 0 Å². The summed E-state index contributed by atoms with van der Waals surface area (Å²) in [5.41, 5.74) is 0. The smallest absolute Gasteiger partial charge is 0.382 e. The van der Waals surface area contributed by atoms with Gasteiger partial charge in [-0.2, -0.15) is 11.8 Å². The van der Waals surface area contributed by atoms with Crippen LogP contribution in [0.5, 0.6) is 0 Å². The van der Waals surface area contributed by atoms with Crippen molar-refractivity contribution in [1.82, 2.24) is 0 Å². The standard InChI is InChI=1S/C23H49O6PS/c1-3-4-5-6-7-8-9-10-11-12-13-14-15-16-21-31-23(22-28-20-19-27-2)17-18-29-30(24,25)26/h23H,3-22H2,1-2H3,(H2,24,25,26). The molecule has 0 rings (SSSR count). The highest BCUT2D eigenvalue weighted by Gasteiger charge is 2.16. The third-order valence-electron chi connectivity index (χ3n) is 5.29. The first kappa shape index (κ1) is 31.4. The molecule has 0 fully saturated rings. The van der Waals surface area contributed by atoms with E-state index in [9.17, 15) is 4.57 Å². The molecule has 0 aliphatic carbocycles. The molecule has 6 nitrogen and oxygen atoms in total. The molecule has 0 aromatic carbocycles. The number of thioether (sulfide) groups is 1. The van der Waals surface area contributed by atoms with Gasteiger partial charge in [0.15, 0.2) is 0 Å². The lowest BCUT2D eigenvalue weighted by molar-refractivity contribution is 0.0688. The van der Waals surface area contributed by atoms with Gasteiger partial charge in [0, 0.05) is 12.4 Å². The van der Waals surface area contributed by atoms with Crippen LogP contribution in [0.1, 0.15) is 103 Å². The number of methoxy groups -OCH3 is 1. The summed E-state index contributed by atoms with van der Waals surface area (Å²) in [4.78, 5) is 17.7. The first-order chi connectivity index (χ1) is 15.0. The van der Waals surface area contributed by atoms with Gasteiger partial charge in [-0.3, -0.25) is 4.52 Å². The quantitative estimate of drug-likeness (QED) is 0.110. The highest BCUT2D eigenvalue weighted by molar-refractivity contribution is 7.99. The first-order valence-electron chi connectivity index (χ1n) is 12.4. The van der Waals surface area contributed by atoms with E-state index in [1.165, 1.54) is 89.9 Å². The van der Waals surface area contributed by atoms with E-state index < -0.39 is 7.82 Å². The third-order valence-corrected chi connectivity index (χ3v) is 7.17. The van der Waals surface area contributed by atoms with Crippen LogP contribution in [-0.4, -0.2) is 54.3 Å². The van der Waals surface area contributed by atoms with Crippen molar-refractivity contribution < 1.29 is 28.3 Å². The second-order valence-electron chi connectivity index (χ2n) is 8.27. The Kier molecular flexibility index (Phi) is 23.8. The van der Waals surface area contributed by atoms with Crippen LogP contribution in [-0.2, 0) is 18.6 Å². The predicted octanol–water partition coefficient (Wildman–Crippen LogP) is 6.73. The molecule has 0 aliphatic rings. The molecule has 31 heavy (non-hydrogen) atoms. The Balaban J connectivity index is 3.59. The summed E-state index contributed by atoms with van der Waals surface area (Å²) in [5, 5.41) is 0.186. The number of hydrogen-bond donors (Lipinski definition) is 2. The second-order valence-corrected chi connectivity index (χ2v) is 10.9. The molecule has 0 spiro atoms. The molecule has 0 amide bonds. The predicted molar refractivity (Wildman–Crippen MR) is 132 cm³/mol. The lowest BCUT2D eigenvalue weighted by Gasteiger charge is -2.17. The fourth-order valence-corrected chi connectivity index (χ4v) is 4.92. The molecule has 0 saturated carbocycles. The Bertz CT molecular complexity index is 408. The first-order valence-corrected chi connectivity index (χ1v) is 15.0. The van der Waals surface area contributed by atoms with E-state index in [0.717, 1.165) is 5.75 Å². The normalized spacial score (nSPS) is 13.0. The van der Waals surface area contributed by atoms with Crippen molar-refractivity contribution >= 4 is 19.6 Å². The molecule has 0 heterocycles. The number of unbranched alkanes of at least 4 members (excludes halogenated alkanes) is 13. The van der Waals surface area contributed by atoms with Crippen LogP contribution in [0.25, 0.3) is 0 Å². The monoisotopic (exact) mass is 484 g/mol. The van der Waals surface area contributed by atoms with Crippen molar-refractivity contribution in [1.29, 1.82) is 0 Å². The van der Waals surface area contributed by atoms with Crippen LogP contribution < -0.4 is 0 Å². The van der Waals surface area contributed by atoms with E-state index >= 15 is 0 Å². The molecule has 1 unspecified atom stereocenters. The van der Waals surface area contributed by atoms with Crippen molar-refractivity contribution in [2.24, 2.45) is 0 Å². The lowest BCUT2D eigenvalue weighted by atomic mass is 10.0. The van der Waals surface area contributed by atoms with E-state index in [0.29, 0.717) is 26.2 Å². The van der Waals surface area contributed by atoms with Crippen LogP contribution >= 0.6 is 19.6 Å².